The lowest BCUT2D eigenvalue weighted by Crippen LogP contribution is -2.09. The van der Waals surface area contributed by atoms with Crippen molar-refractivity contribution in [1.29, 1.82) is 0 Å². The molecule has 28 heavy (non-hydrogen) atoms. The van der Waals surface area contributed by atoms with Gasteiger partial charge in [-0.05, 0) is 35.4 Å². The van der Waals surface area contributed by atoms with E-state index in [4.69, 9.17) is 0 Å². The highest BCUT2D eigenvalue weighted by Crippen LogP contribution is 2.35. The Kier molecular flexibility index (Phi) is 5.95. The summed E-state index contributed by atoms with van der Waals surface area (Å²) in [5.41, 5.74) is 7.20. The standard InChI is InChI=1S/C27H21P/c1-5-13-23(14-6-1)27(24-15-7-2-8-16-24)21-22-28(25-17-9-3-10-18-25)26-19-11-4-12-20-26/h1-20,22H/p+1. The molecule has 4 aromatic carbocycles. The number of rotatable bonds is 5. The zero-order valence-corrected chi connectivity index (χ0v) is 16.6. The zero-order valence-electron chi connectivity index (χ0n) is 15.6. The Morgan fingerprint density at radius 2 is 0.857 bits per heavy atom. The molecule has 0 saturated carbocycles. The molecule has 0 aliphatic rings. The predicted molar refractivity (Wildman–Crippen MR) is 124 cm³/mol. The smallest absolute Gasteiger partial charge is 0.0732 e. The van der Waals surface area contributed by atoms with Crippen molar-refractivity contribution >= 4 is 24.1 Å². The van der Waals surface area contributed by atoms with Gasteiger partial charge in [-0.2, -0.15) is 0 Å². The summed E-state index contributed by atoms with van der Waals surface area (Å²) in [6.07, 6.45) is 0. The molecule has 0 fully saturated rings. The molecule has 0 aromatic heterocycles. The monoisotopic (exact) mass is 377 g/mol. The van der Waals surface area contributed by atoms with Crippen LogP contribution in [0, 0.1) is 0 Å². The lowest BCUT2D eigenvalue weighted by atomic mass is 9.99. The van der Waals surface area contributed by atoms with E-state index in [1.165, 1.54) is 21.7 Å². The van der Waals surface area contributed by atoms with E-state index in [1.807, 2.05) is 0 Å². The highest BCUT2D eigenvalue weighted by molar-refractivity contribution is 7.75. The van der Waals surface area contributed by atoms with E-state index in [0.717, 1.165) is 5.57 Å². The first-order valence-corrected chi connectivity index (χ1v) is 11.0. The van der Waals surface area contributed by atoms with Gasteiger partial charge in [0.15, 0.2) is 0 Å². The van der Waals surface area contributed by atoms with E-state index in [1.54, 1.807) is 0 Å². The summed E-state index contributed by atoms with van der Waals surface area (Å²) in [6, 6.07) is 42.6. The molecule has 1 heteroatoms. The molecule has 0 radical (unpaired) electrons. The van der Waals surface area contributed by atoms with Crippen molar-refractivity contribution in [1.82, 2.24) is 0 Å². The summed E-state index contributed by atoms with van der Waals surface area (Å²) in [7, 11) is -1.07. The minimum absolute atomic E-state index is 1.07. The topological polar surface area (TPSA) is 0 Å². The van der Waals surface area contributed by atoms with E-state index in [0.29, 0.717) is 0 Å². The Balaban J connectivity index is 1.87. The Labute approximate surface area is 168 Å². The summed E-state index contributed by atoms with van der Waals surface area (Å²) in [6.45, 7) is 0. The first kappa shape index (κ1) is 18.2. The molecule has 0 aliphatic heterocycles. The molecular formula is C27H22P+. The highest BCUT2D eigenvalue weighted by Gasteiger charge is 2.19. The molecule has 134 valence electrons. The van der Waals surface area contributed by atoms with E-state index in [-0.39, 0.29) is 0 Å². The third-order valence-corrected chi connectivity index (χ3v) is 7.00. The number of hydrogen-bond donors (Lipinski definition) is 0. The molecule has 0 amide bonds. The summed E-state index contributed by atoms with van der Waals surface area (Å²) in [5, 5.41) is 2.73. The Morgan fingerprint density at radius 3 is 1.25 bits per heavy atom. The fourth-order valence-electron chi connectivity index (χ4n) is 3.26. The van der Waals surface area contributed by atoms with Crippen molar-refractivity contribution in [3.8, 4) is 0 Å². The molecule has 0 aliphatic carbocycles. The second-order valence-electron chi connectivity index (χ2n) is 6.54. The van der Waals surface area contributed by atoms with Gasteiger partial charge in [0.1, 0.15) is 16.4 Å². The summed E-state index contributed by atoms with van der Waals surface area (Å²) in [4.78, 5) is 0. The summed E-state index contributed by atoms with van der Waals surface area (Å²) in [5.74, 6) is 2.30. The largest absolute Gasteiger partial charge is 0.109 e. The molecule has 0 atom stereocenters. The van der Waals surface area contributed by atoms with Gasteiger partial charge in [0, 0.05) is 5.57 Å². The minimum atomic E-state index is -1.07. The van der Waals surface area contributed by atoms with Crippen LogP contribution in [0.15, 0.2) is 133 Å². The van der Waals surface area contributed by atoms with Crippen LogP contribution in [0.5, 0.6) is 0 Å². The molecule has 0 nitrogen and oxygen atoms in total. The molecule has 0 spiro atoms. The van der Waals surface area contributed by atoms with Crippen LogP contribution in [0.3, 0.4) is 0 Å². The van der Waals surface area contributed by atoms with Gasteiger partial charge in [-0.1, -0.05) is 103 Å². The van der Waals surface area contributed by atoms with Crippen LogP contribution in [0.25, 0.3) is 5.57 Å². The molecule has 0 heterocycles. The third kappa shape index (κ3) is 4.38. The fraction of sp³-hybridized carbons (Fsp3) is 0. The second kappa shape index (κ2) is 9.16. The average Bonchev–Trinajstić information content (AvgIpc) is 2.79. The Hall–Kier alpha value is -3.17. The van der Waals surface area contributed by atoms with Crippen molar-refractivity contribution < 1.29 is 0 Å². The lowest BCUT2D eigenvalue weighted by Gasteiger charge is -2.07. The SMILES string of the molecule is C(=C[PH+](c1ccccc1)c1ccccc1)=C(c1ccccc1)c1ccccc1. The normalized spacial score (nSPS) is 10.3. The van der Waals surface area contributed by atoms with E-state index >= 15 is 0 Å². The van der Waals surface area contributed by atoms with Crippen LogP contribution in [-0.4, -0.2) is 0 Å². The van der Waals surface area contributed by atoms with Crippen LogP contribution in [0.1, 0.15) is 11.1 Å². The highest BCUT2D eigenvalue weighted by atomic mass is 31.1. The van der Waals surface area contributed by atoms with Crippen LogP contribution in [-0.2, 0) is 0 Å². The van der Waals surface area contributed by atoms with Gasteiger partial charge in [-0.25, -0.2) is 0 Å². The van der Waals surface area contributed by atoms with Gasteiger partial charge in [-0.3, -0.25) is 0 Å². The molecule has 0 bridgehead atoms. The molecule has 0 unspecified atom stereocenters. The van der Waals surface area contributed by atoms with E-state index in [9.17, 15) is 0 Å². The Bertz CT molecular complexity index is 981. The van der Waals surface area contributed by atoms with Crippen LogP contribution < -0.4 is 10.6 Å². The summed E-state index contributed by atoms with van der Waals surface area (Å²) < 4.78 is 0. The van der Waals surface area contributed by atoms with Crippen LogP contribution in [0.2, 0.25) is 0 Å². The quantitative estimate of drug-likeness (QED) is 0.291. The Morgan fingerprint density at radius 1 is 0.500 bits per heavy atom. The van der Waals surface area contributed by atoms with Crippen molar-refractivity contribution in [2.24, 2.45) is 0 Å². The lowest BCUT2D eigenvalue weighted by molar-refractivity contribution is 1.55. The molecular weight excluding hydrogens is 355 g/mol. The van der Waals surface area contributed by atoms with Gasteiger partial charge < -0.3 is 0 Å². The molecule has 0 N–H and O–H groups in total. The van der Waals surface area contributed by atoms with Crippen molar-refractivity contribution in [3.63, 3.8) is 0 Å². The second-order valence-corrected chi connectivity index (χ2v) is 8.81. The van der Waals surface area contributed by atoms with Gasteiger partial charge in [-0.15, -0.1) is 0 Å². The maximum Gasteiger partial charge on any atom is 0.109 e. The summed E-state index contributed by atoms with van der Waals surface area (Å²) >= 11 is 0. The first-order chi connectivity index (χ1) is 13.9. The van der Waals surface area contributed by atoms with Crippen molar-refractivity contribution in [2.45, 2.75) is 0 Å². The third-order valence-electron chi connectivity index (χ3n) is 4.66. The van der Waals surface area contributed by atoms with Gasteiger partial charge >= 0.3 is 0 Å². The van der Waals surface area contributed by atoms with Crippen molar-refractivity contribution in [2.75, 3.05) is 0 Å². The maximum atomic E-state index is 3.69. The molecule has 4 rings (SSSR count). The maximum absolute atomic E-state index is 3.69. The zero-order chi connectivity index (χ0) is 19.0. The number of hydrogen-bond acceptors (Lipinski definition) is 0. The van der Waals surface area contributed by atoms with Gasteiger partial charge in [0.05, 0.1) is 7.92 Å². The van der Waals surface area contributed by atoms with E-state index < -0.39 is 7.92 Å². The fourth-order valence-corrected chi connectivity index (χ4v) is 5.31. The van der Waals surface area contributed by atoms with Gasteiger partial charge in [0.25, 0.3) is 0 Å². The minimum Gasteiger partial charge on any atom is -0.0732 e. The predicted octanol–water partition coefficient (Wildman–Crippen LogP) is 6.10. The van der Waals surface area contributed by atoms with Gasteiger partial charge in [0.2, 0.25) is 0 Å². The van der Waals surface area contributed by atoms with Crippen molar-refractivity contribution in [3.05, 3.63) is 144 Å². The van der Waals surface area contributed by atoms with E-state index in [2.05, 4.69) is 133 Å². The average molecular weight is 377 g/mol. The number of benzene rings is 4. The first-order valence-electron chi connectivity index (χ1n) is 9.47. The molecule has 4 aromatic rings. The van der Waals surface area contributed by atoms with Crippen LogP contribution >= 0.6 is 7.92 Å². The van der Waals surface area contributed by atoms with Crippen LogP contribution in [0.4, 0.5) is 0 Å². The molecule has 0 saturated heterocycles.